The number of rotatable bonds is 5. The van der Waals surface area contributed by atoms with Gasteiger partial charge in [-0.05, 0) is 49.6 Å². The minimum atomic E-state index is -0.0778. The second-order valence-electron chi connectivity index (χ2n) is 5.88. The van der Waals surface area contributed by atoms with E-state index in [4.69, 9.17) is 0 Å². The lowest BCUT2D eigenvalue weighted by Gasteiger charge is -2.30. The molecule has 22 heavy (non-hydrogen) atoms. The van der Waals surface area contributed by atoms with Gasteiger partial charge in [-0.3, -0.25) is 9.59 Å². The highest BCUT2D eigenvalue weighted by Gasteiger charge is 2.21. The normalized spacial score (nSPS) is 15.6. The van der Waals surface area contributed by atoms with Gasteiger partial charge < -0.3 is 15.5 Å². The predicted molar refractivity (Wildman–Crippen MR) is 87.9 cm³/mol. The van der Waals surface area contributed by atoms with Gasteiger partial charge in [0.05, 0.1) is 6.54 Å². The Bertz CT molecular complexity index is 505. The smallest absolute Gasteiger partial charge is 0.253 e. The highest BCUT2D eigenvalue weighted by atomic mass is 16.2. The van der Waals surface area contributed by atoms with E-state index in [-0.39, 0.29) is 11.8 Å². The lowest BCUT2D eigenvalue weighted by molar-refractivity contribution is -0.115. The number of carbonyl (C=O) groups is 2. The summed E-state index contributed by atoms with van der Waals surface area (Å²) in [6.07, 6.45) is 2.15. The molecule has 0 aromatic heterocycles. The third-order valence-electron chi connectivity index (χ3n) is 4.02. The monoisotopic (exact) mass is 303 g/mol. The van der Waals surface area contributed by atoms with E-state index in [9.17, 15) is 9.59 Å². The van der Waals surface area contributed by atoms with Crippen LogP contribution in [0, 0.1) is 5.92 Å². The molecule has 1 aromatic rings. The summed E-state index contributed by atoms with van der Waals surface area (Å²) >= 11 is 0. The van der Waals surface area contributed by atoms with Gasteiger partial charge in [0.1, 0.15) is 0 Å². The molecule has 1 aromatic carbocycles. The van der Waals surface area contributed by atoms with Crippen molar-refractivity contribution >= 4 is 17.5 Å². The van der Waals surface area contributed by atoms with Gasteiger partial charge in [-0.25, -0.2) is 0 Å². The number of nitrogens with zero attached hydrogens (tertiary/aromatic N) is 1. The Morgan fingerprint density at radius 3 is 2.41 bits per heavy atom. The predicted octanol–water partition coefficient (Wildman–Crippen LogP) is 2.11. The van der Waals surface area contributed by atoms with Gasteiger partial charge in [-0.1, -0.05) is 13.8 Å². The zero-order valence-electron chi connectivity index (χ0n) is 13.4. The Labute approximate surface area is 132 Å². The van der Waals surface area contributed by atoms with Gasteiger partial charge in [0, 0.05) is 24.3 Å². The maximum Gasteiger partial charge on any atom is 0.253 e. The van der Waals surface area contributed by atoms with Gasteiger partial charge in [-0.15, -0.1) is 0 Å². The highest BCUT2D eigenvalue weighted by molar-refractivity contribution is 5.96. The van der Waals surface area contributed by atoms with Gasteiger partial charge in [0.25, 0.3) is 5.91 Å². The standard InChI is InChI=1S/C17H25N3O2/c1-3-18-12-16(21)19-15-6-4-14(5-7-15)17(22)20-10-8-13(2)9-11-20/h4-7,13,18H,3,8-12H2,1-2H3,(H,19,21). The first-order valence-corrected chi connectivity index (χ1v) is 8.00. The van der Waals surface area contributed by atoms with Crippen LogP contribution in [0.5, 0.6) is 0 Å². The van der Waals surface area contributed by atoms with Gasteiger partial charge in [-0.2, -0.15) is 0 Å². The first-order chi connectivity index (χ1) is 10.6. The van der Waals surface area contributed by atoms with Crippen molar-refractivity contribution in [3.8, 4) is 0 Å². The van der Waals surface area contributed by atoms with Crippen LogP contribution in [0.15, 0.2) is 24.3 Å². The highest BCUT2D eigenvalue weighted by Crippen LogP contribution is 2.19. The first kappa shape index (κ1) is 16.5. The molecule has 1 heterocycles. The summed E-state index contributed by atoms with van der Waals surface area (Å²) in [4.78, 5) is 25.9. The lowest BCUT2D eigenvalue weighted by atomic mass is 9.98. The number of carbonyl (C=O) groups excluding carboxylic acids is 2. The molecule has 2 N–H and O–H groups in total. The quantitative estimate of drug-likeness (QED) is 0.876. The molecule has 0 radical (unpaired) electrons. The molecule has 0 bridgehead atoms. The van der Waals surface area contributed by atoms with E-state index in [1.165, 1.54) is 0 Å². The van der Waals surface area contributed by atoms with Crippen molar-refractivity contribution < 1.29 is 9.59 Å². The number of nitrogens with one attached hydrogen (secondary N) is 2. The Balaban J connectivity index is 1.91. The summed E-state index contributed by atoms with van der Waals surface area (Å²) in [6, 6.07) is 7.12. The molecule has 0 saturated carbocycles. The zero-order valence-corrected chi connectivity index (χ0v) is 13.4. The van der Waals surface area contributed by atoms with Crippen LogP contribution < -0.4 is 10.6 Å². The van der Waals surface area contributed by atoms with Crippen LogP contribution in [0.4, 0.5) is 5.69 Å². The topological polar surface area (TPSA) is 61.4 Å². The largest absolute Gasteiger partial charge is 0.339 e. The van der Waals surface area contributed by atoms with E-state index < -0.39 is 0 Å². The minimum absolute atomic E-state index is 0.0778. The summed E-state index contributed by atoms with van der Waals surface area (Å²) in [5, 5.41) is 5.77. The molecule has 5 heteroatoms. The van der Waals surface area contributed by atoms with E-state index >= 15 is 0 Å². The zero-order chi connectivity index (χ0) is 15.9. The molecule has 1 fully saturated rings. The summed E-state index contributed by atoms with van der Waals surface area (Å²) in [5.41, 5.74) is 1.39. The molecule has 2 rings (SSSR count). The lowest BCUT2D eigenvalue weighted by Crippen LogP contribution is -2.37. The van der Waals surface area contributed by atoms with Crippen molar-refractivity contribution in [1.29, 1.82) is 0 Å². The molecule has 120 valence electrons. The fraction of sp³-hybridized carbons (Fsp3) is 0.529. The van der Waals surface area contributed by atoms with Crippen molar-refractivity contribution in [2.45, 2.75) is 26.7 Å². The van der Waals surface area contributed by atoms with E-state index in [1.807, 2.05) is 11.8 Å². The molecule has 1 aliphatic heterocycles. The third kappa shape index (κ3) is 4.56. The van der Waals surface area contributed by atoms with Crippen molar-refractivity contribution in [3.63, 3.8) is 0 Å². The molecule has 1 saturated heterocycles. The number of hydrogen-bond donors (Lipinski definition) is 2. The summed E-state index contributed by atoms with van der Waals surface area (Å²) in [7, 11) is 0. The number of likely N-dealkylation sites (N-methyl/N-ethyl adjacent to an activating group) is 1. The van der Waals surface area contributed by atoms with Crippen LogP contribution >= 0.6 is 0 Å². The van der Waals surface area contributed by atoms with Crippen molar-refractivity contribution in [2.75, 3.05) is 31.5 Å². The molecule has 0 spiro atoms. The number of likely N-dealkylation sites (tertiary alicyclic amines) is 1. The number of benzene rings is 1. The molecular weight excluding hydrogens is 278 g/mol. The maximum absolute atomic E-state index is 12.4. The molecule has 0 aliphatic carbocycles. The average Bonchev–Trinajstić information content (AvgIpc) is 2.54. The SMILES string of the molecule is CCNCC(=O)Nc1ccc(C(=O)N2CCC(C)CC2)cc1. The van der Waals surface area contributed by atoms with Crippen LogP contribution in [-0.2, 0) is 4.79 Å². The fourth-order valence-corrected chi connectivity index (χ4v) is 2.53. The minimum Gasteiger partial charge on any atom is -0.339 e. The molecule has 0 atom stereocenters. The number of amides is 2. The van der Waals surface area contributed by atoms with Gasteiger partial charge in [0.15, 0.2) is 0 Å². The van der Waals surface area contributed by atoms with Crippen molar-refractivity contribution in [1.82, 2.24) is 10.2 Å². The molecule has 0 unspecified atom stereocenters. The Kier molecular flexibility index (Phi) is 5.95. The fourth-order valence-electron chi connectivity index (χ4n) is 2.53. The number of hydrogen-bond acceptors (Lipinski definition) is 3. The van der Waals surface area contributed by atoms with Crippen LogP contribution in [0.3, 0.4) is 0 Å². The second-order valence-corrected chi connectivity index (χ2v) is 5.88. The van der Waals surface area contributed by atoms with Gasteiger partial charge >= 0.3 is 0 Å². The van der Waals surface area contributed by atoms with E-state index in [1.54, 1.807) is 24.3 Å². The van der Waals surface area contributed by atoms with Crippen molar-refractivity contribution in [2.24, 2.45) is 5.92 Å². The van der Waals surface area contributed by atoms with Crippen LogP contribution in [-0.4, -0.2) is 42.9 Å². The summed E-state index contributed by atoms with van der Waals surface area (Å²) in [5.74, 6) is 0.710. The molecule has 2 amide bonds. The Morgan fingerprint density at radius 2 is 1.82 bits per heavy atom. The maximum atomic E-state index is 12.4. The molecular formula is C17H25N3O2. The Hall–Kier alpha value is -1.88. The van der Waals surface area contributed by atoms with Crippen molar-refractivity contribution in [3.05, 3.63) is 29.8 Å². The van der Waals surface area contributed by atoms with E-state index in [0.717, 1.165) is 32.5 Å². The van der Waals surface area contributed by atoms with E-state index in [2.05, 4.69) is 17.6 Å². The van der Waals surface area contributed by atoms with Crippen LogP contribution in [0.25, 0.3) is 0 Å². The number of anilines is 1. The van der Waals surface area contributed by atoms with Crippen LogP contribution in [0.2, 0.25) is 0 Å². The second kappa shape index (κ2) is 7.94. The molecule has 1 aliphatic rings. The first-order valence-electron chi connectivity index (χ1n) is 8.00. The summed E-state index contributed by atoms with van der Waals surface area (Å²) < 4.78 is 0. The molecule has 5 nitrogen and oxygen atoms in total. The Morgan fingerprint density at radius 1 is 1.18 bits per heavy atom. The third-order valence-corrected chi connectivity index (χ3v) is 4.02. The number of piperidine rings is 1. The average molecular weight is 303 g/mol. The van der Waals surface area contributed by atoms with Crippen LogP contribution in [0.1, 0.15) is 37.0 Å². The van der Waals surface area contributed by atoms with E-state index in [0.29, 0.717) is 23.7 Å². The summed E-state index contributed by atoms with van der Waals surface area (Å²) in [6.45, 7) is 6.91. The van der Waals surface area contributed by atoms with Gasteiger partial charge in [0.2, 0.25) is 5.91 Å².